The third kappa shape index (κ3) is 4.03. The molecule has 0 saturated heterocycles. The summed E-state index contributed by atoms with van der Waals surface area (Å²) in [7, 11) is 0. The normalized spacial score (nSPS) is 10.4. The number of carbonyl (C=O) groups excluding carboxylic acids is 1. The van der Waals surface area contributed by atoms with Crippen LogP contribution in [0.25, 0.3) is 0 Å². The first kappa shape index (κ1) is 16.9. The number of halogens is 2. The summed E-state index contributed by atoms with van der Waals surface area (Å²) < 4.78 is 27.0. The van der Waals surface area contributed by atoms with Crippen LogP contribution in [0.3, 0.4) is 0 Å². The van der Waals surface area contributed by atoms with E-state index >= 15 is 0 Å². The highest BCUT2D eigenvalue weighted by molar-refractivity contribution is 5.94. The van der Waals surface area contributed by atoms with Gasteiger partial charge in [0.1, 0.15) is 5.82 Å². The Balaban J connectivity index is 2.04. The van der Waals surface area contributed by atoms with Gasteiger partial charge in [-0.3, -0.25) is 4.79 Å². The number of hydrogen-bond acceptors (Lipinski definition) is 3. The number of nitrogens with zero attached hydrogens (tertiary/aromatic N) is 2. The summed E-state index contributed by atoms with van der Waals surface area (Å²) in [6, 6.07) is 7.93. The summed E-state index contributed by atoms with van der Waals surface area (Å²) >= 11 is 0. The Morgan fingerprint density at radius 3 is 2.35 bits per heavy atom. The fourth-order valence-electron chi connectivity index (χ4n) is 2.22. The lowest BCUT2D eigenvalue weighted by Gasteiger charge is -2.18. The van der Waals surface area contributed by atoms with Crippen LogP contribution in [-0.4, -0.2) is 28.9 Å². The molecule has 6 heteroatoms. The molecule has 1 N–H and O–H groups in total. The van der Waals surface area contributed by atoms with Gasteiger partial charge in [-0.25, -0.2) is 9.37 Å². The molecule has 0 aliphatic carbocycles. The summed E-state index contributed by atoms with van der Waals surface area (Å²) in [4.78, 5) is 17.3. The van der Waals surface area contributed by atoms with Crippen LogP contribution in [0.2, 0.25) is 0 Å². The molecule has 0 spiro atoms. The van der Waals surface area contributed by atoms with Crippen LogP contribution in [0.1, 0.15) is 29.8 Å². The third-order valence-corrected chi connectivity index (χ3v) is 3.60. The number of benzene rings is 1. The highest BCUT2D eigenvalue weighted by Gasteiger charge is 2.12. The zero-order chi connectivity index (χ0) is 16.8. The molecule has 4 nitrogen and oxygen atoms in total. The number of amides is 1. The molecule has 0 aliphatic rings. The predicted molar refractivity (Wildman–Crippen MR) is 85.2 cm³/mol. The molecular formula is C17H19F2N3O. The Morgan fingerprint density at radius 1 is 1.13 bits per heavy atom. The van der Waals surface area contributed by atoms with E-state index in [1.165, 1.54) is 0 Å². The fraction of sp³-hybridized carbons (Fsp3) is 0.294. The van der Waals surface area contributed by atoms with E-state index in [9.17, 15) is 13.6 Å². The van der Waals surface area contributed by atoms with Crippen LogP contribution in [0.5, 0.6) is 0 Å². The van der Waals surface area contributed by atoms with Gasteiger partial charge in [0, 0.05) is 37.1 Å². The maximum absolute atomic E-state index is 13.5. The van der Waals surface area contributed by atoms with Crippen molar-refractivity contribution in [1.29, 1.82) is 0 Å². The molecule has 1 aromatic heterocycles. The maximum Gasteiger partial charge on any atom is 0.253 e. The predicted octanol–water partition coefficient (Wildman–Crippen LogP) is 3.45. The van der Waals surface area contributed by atoms with Gasteiger partial charge in [0.05, 0.1) is 5.56 Å². The van der Waals surface area contributed by atoms with Crippen LogP contribution in [0.15, 0.2) is 36.5 Å². The fourth-order valence-corrected chi connectivity index (χ4v) is 2.22. The van der Waals surface area contributed by atoms with Crippen molar-refractivity contribution in [3.8, 4) is 0 Å². The largest absolute Gasteiger partial charge is 0.381 e. The minimum atomic E-state index is -0.828. The van der Waals surface area contributed by atoms with Crippen LogP contribution >= 0.6 is 0 Å². The third-order valence-electron chi connectivity index (χ3n) is 3.60. The van der Waals surface area contributed by atoms with Crippen molar-refractivity contribution in [2.45, 2.75) is 20.4 Å². The van der Waals surface area contributed by atoms with Crippen molar-refractivity contribution >= 4 is 11.6 Å². The first-order valence-corrected chi connectivity index (χ1v) is 7.48. The summed E-state index contributed by atoms with van der Waals surface area (Å²) in [5, 5.41) is 2.92. The van der Waals surface area contributed by atoms with Crippen LogP contribution in [0, 0.1) is 11.8 Å². The average Bonchev–Trinajstić information content (AvgIpc) is 2.56. The highest BCUT2D eigenvalue weighted by Crippen LogP contribution is 2.15. The van der Waals surface area contributed by atoms with Gasteiger partial charge in [-0.15, -0.1) is 0 Å². The van der Waals surface area contributed by atoms with Gasteiger partial charge in [0.15, 0.2) is 0 Å². The maximum atomic E-state index is 13.5. The minimum Gasteiger partial charge on any atom is -0.381 e. The topological polar surface area (TPSA) is 45.2 Å². The second-order valence-corrected chi connectivity index (χ2v) is 4.97. The van der Waals surface area contributed by atoms with Crippen molar-refractivity contribution in [2.75, 3.05) is 18.4 Å². The first-order chi connectivity index (χ1) is 11.1. The van der Waals surface area contributed by atoms with E-state index in [2.05, 4.69) is 10.3 Å². The Morgan fingerprint density at radius 2 is 1.78 bits per heavy atom. The van der Waals surface area contributed by atoms with Crippen LogP contribution < -0.4 is 5.32 Å². The number of anilines is 1. The molecule has 0 bridgehead atoms. The number of aromatic nitrogens is 1. The number of rotatable bonds is 6. The smallest absolute Gasteiger partial charge is 0.253 e. The molecule has 122 valence electrons. The summed E-state index contributed by atoms with van der Waals surface area (Å²) in [6.45, 7) is 5.13. The Bertz CT molecular complexity index is 650. The number of carbonyl (C=O) groups is 1. The van der Waals surface area contributed by atoms with E-state index in [4.69, 9.17) is 0 Å². The minimum absolute atomic E-state index is 0.0190. The Kier molecular flexibility index (Phi) is 5.62. The van der Waals surface area contributed by atoms with Gasteiger partial charge in [-0.2, -0.15) is 4.39 Å². The number of nitrogens with one attached hydrogen (secondary N) is 1. The van der Waals surface area contributed by atoms with E-state index in [1.807, 2.05) is 13.8 Å². The van der Waals surface area contributed by atoms with Gasteiger partial charge < -0.3 is 10.2 Å². The van der Waals surface area contributed by atoms with Crippen molar-refractivity contribution in [1.82, 2.24) is 9.88 Å². The summed E-state index contributed by atoms with van der Waals surface area (Å²) in [5.74, 6) is -1.50. The standard InChI is InChI=1S/C17H19F2N3O/c1-3-22(4-2)17(23)12-5-7-13(8-6-12)21-11-14-15(18)9-10-20-16(14)19/h5-10,21H,3-4,11H2,1-2H3. The molecule has 0 unspecified atom stereocenters. The lowest BCUT2D eigenvalue weighted by Crippen LogP contribution is -2.30. The molecule has 2 aromatic rings. The molecule has 0 saturated carbocycles. The second kappa shape index (κ2) is 7.67. The van der Waals surface area contributed by atoms with Gasteiger partial charge in [-0.05, 0) is 44.2 Å². The van der Waals surface area contributed by atoms with Crippen LogP contribution in [-0.2, 0) is 6.54 Å². The van der Waals surface area contributed by atoms with E-state index in [0.717, 1.165) is 12.3 Å². The van der Waals surface area contributed by atoms with E-state index in [0.29, 0.717) is 24.3 Å². The number of pyridine rings is 1. The van der Waals surface area contributed by atoms with E-state index < -0.39 is 11.8 Å². The molecule has 1 aromatic carbocycles. The molecule has 1 amide bonds. The van der Waals surface area contributed by atoms with Crippen molar-refractivity contribution in [2.24, 2.45) is 0 Å². The lowest BCUT2D eigenvalue weighted by molar-refractivity contribution is 0.0773. The SMILES string of the molecule is CCN(CC)C(=O)c1ccc(NCc2c(F)ccnc2F)cc1. The molecule has 0 atom stereocenters. The monoisotopic (exact) mass is 319 g/mol. The highest BCUT2D eigenvalue weighted by atomic mass is 19.1. The molecule has 2 rings (SSSR count). The molecule has 23 heavy (non-hydrogen) atoms. The molecule has 0 aliphatic heterocycles. The Labute approximate surface area is 134 Å². The summed E-state index contributed by atoms with van der Waals surface area (Å²) in [6.07, 6.45) is 1.09. The van der Waals surface area contributed by atoms with Gasteiger partial charge in [0.25, 0.3) is 5.91 Å². The van der Waals surface area contributed by atoms with Gasteiger partial charge in [0.2, 0.25) is 5.95 Å². The van der Waals surface area contributed by atoms with Gasteiger partial charge >= 0.3 is 0 Å². The van der Waals surface area contributed by atoms with E-state index in [1.54, 1.807) is 29.2 Å². The zero-order valence-corrected chi connectivity index (χ0v) is 13.1. The average molecular weight is 319 g/mol. The first-order valence-electron chi connectivity index (χ1n) is 7.48. The quantitative estimate of drug-likeness (QED) is 0.830. The lowest BCUT2D eigenvalue weighted by atomic mass is 10.1. The van der Waals surface area contributed by atoms with E-state index in [-0.39, 0.29) is 18.0 Å². The summed E-state index contributed by atoms with van der Waals surface area (Å²) in [5.41, 5.74) is 1.14. The molecular weight excluding hydrogens is 300 g/mol. The van der Waals surface area contributed by atoms with Crippen molar-refractivity contribution in [3.63, 3.8) is 0 Å². The molecule has 0 fully saturated rings. The molecule has 0 radical (unpaired) electrons. The van der Waals surface area contributed by atoms with Crippen LogP contribution in [0.4, 0.5) is 14.5 Å². The zero-order valence-electron chi connectivity index (χ0n) is 13.1. The molecule has 1 heterocycles. The second-order valence-electron chi connectivity index (χ2n) is 4.97. The van der Waals surface area contributed by atoms with Crippen molar-refractivity contribution in [3.05, 3.63) is 59.4 Å². The van der Waals surface area contributed by atoms with Gasteiger partial charge in [-0.1, -0.05) is 0 Å². The Hall–Kier alpha value is -2.50. The van der Waals surface area contributed by atoms with Crippen molar-refractivity contribution < 1.29 is 13.6 Å². The number of hydrogen-bond donors (Lipinski definition) is 1.